The summed E-state index contributed by atoms with van der Waals surface area (Å²) in [7, 11) is 0. The molecule has 0 atom stereocenters. The molecule has 28 heavy (non-hydrogen) atoms. The standard InChI is InChI=1S/C18H20Cl2N4O2S2/c1-11(13-7-9-15(19)27-13)21-23-17(25)5-3-4-6-18(26)24-22-12(2)14-8-10-16(20)28-14/h7-10H,3-6H2,1-2H3,(H,23,25)(H,24,26). The number of unbranched alkanes of at least 4 members (excludes halogenated alkanes) is 1. The maximum absolute atomic E-state index is 11.8. The Hall–Kier alpha value is -1.74. The molecule has 6 nitrogen and oxygen atoms in total. The second kappa shape index (κ2) is 11.3. The van der Waals surface area contributed by atoms with Crippen LogP contribution < -0.4 is 10.9 Å². The number of hydrogen-bond donors (Lipinski definition) is 2. The number of carbonyl (C=O) groups excluding carboxylic acids is 2. The minimum atomic E-state index is -0.189. The third kappa shape index (κ3) is 7.71. The molecule has 0 aliphatic carbocycles. The zero-order valence-electron chi connectivity index (χ0n) is 15.4. The van der Waals surface area contributed by atoms with Gasteiger partial charge in [-0.25, -0.2) is 10.9 Å². The van der Waals surface area contributed by atoms with Crippen LogP contribution in [0.5, 0.6) is 0 Å². The molecule has 2 heterocycles. The van der Waals surface area contributed by atoms with Crippen molar-refractivity contribution in [3.63, 3.8) is 0 Å². The highest BCUT2D eigenvalue weighted by Gasteiger charge is 2.06. The first-order valence-electron chi connectivity index (χ1n) is 8.53. The van der Waals surface area contributed by atoms with Gasteiger partial charge < -0.3 is 0 Å². The van der Waals surface area contributed by atoms with Gasteiger partial charge in [-0.3, -0.25) is 9.59 Å². The zero-order chi connectivity index (χ0) is 20.5. The summed E-state index contributed by atoms with van der Waals surface area (Å²) in [5.41, 5.74) is 6.44. The first kappa shape index (κ1) is 22.5. The first-order valence-corrected chi connectivity index (χ1v) is 10.9. The van der Waals surface area contributed by atoms with Gasteiger partial charge >= 0.3 is 0 Å². The lowest BCUT2D eigenvalue weighted by atomic mass is 10.2. The molecule has 0 spiro atoms. The number of hydrazone groups is 2. The van der Waals surface area contributed by atoms with Gasteiger partial charge in [-0.15, -0.1) is 22.7 Å². The first-order chi connectivity index (χ1) is 13.3. The molecule has 0 aliphatic heterocycles. The summed E-state index contributed by atoms with van der Waals surface area (Å²) >= 11 is 14.6. The van der Waals surface area contributed by atoms with Crippen molar-refractivity contribution in [3.05, 3.63) is 42.7 Å². The lowest BCUT2D eigenvalue weighted by Crippen LogP contribution is -2.20. The largest absolute Gasteiger partial charge is 0.273 e. The Balaban J connectivity index is 1.63. The van der Waals surface area contributed by atoms with E-state index in [2.05, 4.69) is 21.1 Å². The lowest BCUT2D eigenvalue weighted by Gasteiger charge is -2.03. The average Bonchev–Trinajstić information content (AvgIpc) is 3.29. The minimum Gasteiger partial charge on any atom is -0.273 e. The van der Waals surface area contributed by atoms with E-state index < -0.39 is 0 Å². The van der Waals surface area contributed by atoms with Crippen molar-refractivity contribution < 1.29 is 9.59 Å². The predicted octanol–water partition coefficient (Wildman–Crippen LogP) is 5.06. The van der Waals surface area contributed by atoms with E-state index in [9.17, 15) is 9.59 Å². The molecular formula is C18H20Cl2N4O2S2. The van der Waals surface area contributed by atoms with Crippen molar-refractivity contribution in [1.82, 2.24) is 10.9 Å². The predicted molar refractivity (Wildman–Crippen MR) is 118 cm³/mol. The number of halogens is 2. The molecule has 0 aliphatic rings. The van der Waals surface area contributed by atoms with E-state index >= 15 is 0 Å². The summed E-state index contributed by atoms with van der Waals surface area (Å²) in [6.07, 6.45) is 1.76. The fourth-order valence-electron chi connectivity index (χ4n) is 2.10. The normalized spacial score (nSPS) is 12.1. The maximum atomic E-state index is 11.8. The van der Waals surface area contributed by atoms with Crippen LogP contribution in [0.15, 0.2) is 34.5 Å². The van der Waals surface area contributed by atoms with E-state index in [1.807, 2.05) is 12.1 Å². The van der Waals surface area contributed by atoms with Gasteiger partial charge in [-0.2, -0.15) is 10.2 Å². The summed E-state index contributed by atoms with van der Waals surface area (Å²) in [4.78, 5) is 25.5. The van der Waals surface area contributed by atoms with E-state index in [0.29, 0.717) is 45.8 Å². The van der Waals surface area contributed by atoms with E-state index in [1.54, 1.807) is 26.0 Å². The van der Waals surface area contributed by atoms with Gasteiger partial charge in [0.25, 0.3) is 0 Å². The van der Waals surface area contributed by atoms with Crippen molar-refractivity contribution in [2.75, 3.05) is 0 Å². The molecule has 0 saturated heterocycles. The smallest absolute Gasteiger partial charge is 0.240 e. The van der Waals surface area contributed by atoms with Gasteiger partial charge in [-0.05, 0) is 51.0 Å². The topological polar surface area (TPSA) is 82.9 Å². The summed E-state index contributed by atoms with van der Waals surface area (Å²) in [5, 5.41) is 8.13. The highest BCUT2D eigenvalue weighted by molar-refractivity contribution is 7.18. The fourth-order valence-corrected chi connectivity index (χ4v) is 4.08. The van der Waals surface area contributed by atoms with Crippen LogP contribution in [-0.2, 0) is 9.59 Å². The molecule has 2 rings (SSSR count). The van der Waals surface area contributed by atoms with Crippen LogP contribution in [0.25, 0.3) is 0 Å². The second-order valence-electron chi connectivity index (χ2n) is 5.88. The molecule has 150 valence electrons. The number of carbonyl (C=O) groups is 2. The Morgan fingerprint density at radius 3 is 1.54 bits per heavy atom. The van der Waals surface area contributed by atoms with Crippen LogP contribution in [0.1, 0.15) is 49.3 Å². The van der Waals surface area contributed by atoms with Crippen LogP contribution in [0.2, 0.25) is 8.67 Å². The molecule has 0 radical (unpaired) electrons. The van der Waals surface area contributed by atoms with Crippen molar-refractivity contribution in [2.24, 2.45) is 10.2 Å². The summed E-state index contributed by atoms with van der Waals surface area (Å²) in [6, 6.07) is 7.28. The van der Waals surface area contributed by atoms with Crippen molar-refractivity contribution in [2.45, 2.75) is 39.5 Å². The van der Waals surface area contributed by atoms with E-state index in [-0.39, 0.29) is 11.8 Å². The highest BCUT2D eigenvalue weighted by Crippen LogP contribution is 2.22. The molecule has 0 aromatic carbocycles. The number of rotatable bonds is 9. The number of amides is 2. The molecule has 10 heteroatoms. The molecular weight excluding hydrogens is 439 g/mol. The molecule has 2 aromatic rings. The Kier molecular flexibility index (Phi) is 9.11. The molecule has 0 saturated carbocycles. The zero-order valence-corrected chi connectivity index (χ0v) is 18.6. The van der Waals surface area contributed by atoms with Crippen LogP contribution in [0.4, 0.5) is 0 Å². The van der Waals surface area contributed by atoms with Gasteiger partial charge in [-0.1, -0.05) is 23.2 Å². The van der Waals surface area contributed by atoms with Crippen LogP contribution >= 0.6 is 45.9 Å². The number of hydrogen-bond acceptors (Lipinski definition) is 6. The summed E-state index contributed by atoms with van der Waals surface area (Å²) < 4.78 is 1.35. The van der Waals surface area contributed by atoms with Crippen molar-refractivity contribution >= 4 is 69.1 Å². The Bertz CT molecular complexity index is 818. The van der Waals surface area contributed by atoms with Gasteiger partial charge in [0.05, 0.1) is 29.9 Å². The van der Waals surface area contributed by atoms with Crippen LogP contribution in [0.3, 0.4) is 0 Å². The average molecular weight is 459 g/mol. The number of nitrogens with one attached hydrogen (secondary N) is 2. The Morgan fingerprint density at radius 2 is 1.21 bits per heavy atom. The highest BCUT2D eigenvalue weighted by atomic mass is 35.5. The third-order valence-electron chi connectivity index (χ3n) is 3.61. The van der Waals surface area contributed by atoms with Gasteiger partial charge in [0.2, 0.25) is 11.8 Å². The molecule has 0 unspecified atom stereocenters. The Labute approximate surface area is 181 Å². The SMILES string of the molecule is CC(=NNC(=O)CCCCC(=O)NN=C(C)c1ccc(Cl)s1)c1ccc(Cl)s1. The lowest BCUT2D eigenvalue weighted by molar-refractivity contribution is -0.123. The van der Waals surface area contributed by atoms with E-state index in [1.165, 1.54) is 22.7 Å². The number of nitrogens with zero attached hydrogens (tertiary/aromatic N) is 2. The monoisotopic (exact) mass is 458 g/mol. The molecule has 2 amide bonds. The fraction of sp³-hybridized carbons (Fsp3) is 0.333. The van der Waals surface area contributed by atoms with Crippen LogP contribution in [0, 0.1) is 0 Å². The van der Waals surface area contributed by atoms with Gasteiger partial charge in [0, 0.05) is 12.8 Å². The quantitative estimate of drug-likeness (QED) is 0.312. The summed E-state index contributed by atoms with van der Waals surface area (Å²) in [5.74, 6) is -0.378. The molecule has 2 aromatic heterocycles. The second-order valence-corrected chi connectivity index (χ2v) is 9.31. The summed E-state index contributed by atoms with van der Waals surface area (Å²) in [6.45, 7) is 3.61. The van der Waals surface area contributed by atoms with Gasteiger partial charge in [0.15, 0.2) is 0 Å². The molecule has 2 N–H and O–H groups in total. The van der Waals surface area contributed by atoms with E-state index in [0.717, 1.165) is 9.75 Å². The minimum absolute atomic E-state index is 0.189. The number of thiophene rings is 2. The maximum Gasteiger partial charge on any atom is 0.240 e. The van der Waals surface area contributed by atoms with E-state index in [4.69, 9.17) is 23.2 Å². The molecule has 0 bridgehead atoms. The molecule has 0 fully saturated rings. The van der Waals surface area contributed by atoms with Crippen molar-refractivity contribution in [1.29, 1.82) is 0 Å². The van der Waals surface area contributed by atoms with Gasteiger partial charge in [0.1, 0.15) is 0 Å². The van der Waals surface area contributed by atoms with Crippen molar-refractivity contribution in [3.8, 4) is 0 Å². The third-order valence-corrected chi connectivity index (χ3v) is 6.29. The van der Waals surface area contributed by atoms with Crippen LogP contribution in [-0.4, -0.2) is 23.2 Å². The Morgan fingerprint density at radius 1 is 0.821 bits per heavy atom.